The number of ether oxygens (including phenoxy) is 1. The van der Waals surface area contributed by atoms with E-state index in [0.29, 0.717) is 0 Å². The summed E-state index contributed by atoms with van der Waals surface area (Å²) in [4.78, 5) is 5.83. The summed E-state index contributed by atoms with van der Waals surface area (Å²) in [6.07, 6.45) is 3.85. The highest BCUT2D eigenvalue weighted by Gasteiger charge is 2.20. The van der Waals surface area contributed by atoms with Gasteiger partial charge in [0.2, 0.25) is 0 Å². The molecule has 0 aromatic carbocycles. The Balaban J connectivity index is 1.47. The van der Waals surface area contributed by atoms with E-state index in [2.05, 4.69) is 24.1 Å². The fraction of sp³-hybridized carbons (Fsp3) is 0.769. The van der Waals surface area contributed by atoms with Crippen LogP contribution in [0.2, 0.25) is 0 Å². The van der Waals surface area contributed by atoms with Gasteiger partial charge in [0, 0.05) is 24.6 Å². The highest BCUT2D eigenvalue weighted by molar-refractivity contribution is 7.11. The SMILES string of the molecule is Cc1nc(CNCCCOCC2CC2)sc1C. The van der Waals surface area contributed by atoms with Gasteiger partial charge in [-0.3, -0.25) is 0 Å². The average molecular weight is 254 g/mol. The Morgan fingerprint density at radius 1 is 1.41 bits per heavy atom. The van der Waals surface area contributed by atoms with Gasteiger partial charge in [-0.1, -0.05) is 0 Å². The molecule has 1 saturated carbocycles. The lowest BCUT2D eigenvalue weighted by molar-refractivity contribution is 0.122. The molecule has 0 aliphatic heterocycles. The first-order valence-electron chi connectivity index (χ1n) is 6.47. The van der Waals surface area contributed by atoms with E-state index >= 15 is 0 Å². The summed E-state index contributed by atoms with van der Waals surface area (Å²) < 4.78 is 5.58. The molecule has 1 N–H and O–H groups in total. The molecule has 96 valence electrons. The van der Waals surface area contributed by atoms with Gasteiger partial charge in [0.1, 0.15) is 5.01 Å². The highest BCUT2D eigenvalue weighted by Crippen LogP contribution is 2.28. The molecule has 1 aromatic rings. The largest absolute Gasteiger partial charge is 0.381 e. The first kappa shape index (κ1) is 13.0. The summed E-state index contributed by atoms with van der Waals surface area (Å²) in [5.41, 5.74) is 1.17. The topological polar surface area (TPSA) is 34.2 Å². The Hall–Kier alpha value is -0.450. The van der Waals surface area contributed by atoms with Gasteiger partial charge in [-0.05, 0) is 45.6 Å². The molecule has 1 aliphatic rings. The van der Waals surface area contributed by atoms with Gasteiger partial charge in [0.05, 0.1) is 5.69 Å². The van der Waals surface area contributed by atoms with Gasteiger partial charge in [0.15, 0.2) is 0 Å². The van der Waals surface area contributed by atoms with Gasteiger partial charge in [0.25, 0.3) is 0 Å². The first-order valence-corrected chi connectivity index (χ1v) is 7.28. The Kier molecular flexibility index (Phi) is 4.95. The van der Waals surface area contributed by atoms with E-state index in [1.54, 1.807) is 11.3 Å². The van der Waals surface area contributed by atoms with Gasteiger partial charge < -0.3 is 10.1 Å². The van der Waals surface area contributed by atoms with Crippen molar-refractivity contribution >= 4 is 11.3 Å². The Bertz CT molecular complexity index is 328. The third-order valence-corrected chi connectivity index (χ3v) is 4.11. The van der Waals surface area contributed by atoms with E-state index in [1.165, 1.54) is 28.4 Å². The molecule has 0 spiro atoms. The number of hydrogen-bond donors (Lipinski definition) is 1. The van der Waals surface area contributed by atoms with Crippen molar-refractivity contribution in [3.8, 4) is 0 Å². The third kappa shape index (κ3) is 4.74. The molecule has 0 radical (unpaired) electrons. The normalized spacial score (nSPS) is 15.4. The van der Waals surface area contributed by atoms with Gasteiger partial charge in [-0.25, -0.2) is 4.98 Å². The van der Waals surface area contributed by atoms with Crippen molar-refractivity contribution < 1.29 is 4.74 Å². The summed E-state index contributed by atoms with van der Waals surface area (Å²) in [5, 5.41) is 4.61. The van der Waals surface area contributed by atoms with Crippen molar-refractivity contribution in [2.24, 2.45) is 5.92 Å². The van der Waals surface area contributed by atoms with Crippen LogP contribution in [0.5, 0.6) is 0 Å². The van der Waals surface area contributed by atoms with Crippen molar-refractivity contribution in [1.82, 2.24) is 10.3 Å². The highest BCUT2D eigenvalue weighted by atomic mass is 32.1. The molecule has 3 nitrogen and oxygen atoms in total. The zero-order valence-electron chi connectivity index (χ0n) is 10.8. The van der Waals surface area contributed by atoms with Gasteiger partial charge >= 0.3 is 0 Å². The number of aromatic nitrogens is 1. The van der Waals surface area contributed by atoms with E-state index in [4.69, 9.17) is 4.74 Å². The van der Waals surface area contributed by atoms with E-state index < -0.39 is 0 Å². The number of thiazole rings is 1. The second-order valence-corrected chi connectivity index (χ2v) is 6.09. The Morgan fingerprint density at radius 3 is 2.88 bits per heavy atom. The Morgan fingerprint density at radius 2 is 2.24 bits per heavy atom. The second-order valence-electron chi connectivity index (χ2n) is 4.80. The van der Waals surface area contributed by atoms with E-state index in [0.717, 1.165) is 38.6 Å². The molecule has 1 heterocycles. The lowest BCUT2D eigenvalue weighted by Gasteiger charge is -2.04. The van der Waals surface area contributed by atoms with Crippen molar-refractivity contribution in [1.29, 1.82) is 0 Å². The van der Waals surface area contributed by atoms with E-state index in [1.807, 2.05) is 0 Å². The van der Waals surface area contributed by atoms with Crippen molar-refractivity contribution in [3.63, 3.8) is 0 Å². The van der Waals surface area contributed by atoms with E-state index in [9.17, 15) is 0 Å². The summed E-state index contributed by atoms with van der Waals surface area (Å²) in [5.74, 6) is 0.879. The molecular weight excluding hydrogens is 232 g/mol. The molecule has 0 saturated heterocycles. The van der Waals surface area contributed by atoms with Crippen LogP contribution in [-0.2, 0) is 11.3 Å². The fourth-order valence-corrected chi connectivity index (χ4v) is 2.55. The number of rotatable bonds is 8. The molecule has 17 heavy (non-hydrogen) atoms. The predicted molar refractivity (Wildman–Crippen MR) is 71.5 cm³/mol. The smallest absolute Gasteiger partial charge is 0.107 e. The summed E-state index contributed by atoms with van der Waals surface area (Å²) >= 11 is 1.79. The number of aryl methyl sites for hydroxylation is 2. The fourth-order valence-electron chi connectivity index (χ4n) is 1.64. The first-order chi connectivity index (χ1) is 8.25. The van der Waals surface area contributed by atoms with Crippen LogP contribution in [-0.4, -0.2) is 24.7 Å². The van der Waals surface area contributed by atoms with Crippen LogP contribution in [0.25, 0.3) is 0 Å². The molecule has 4 heteroatoms. The summed E-state index contributed by atoms with van der Waals surface area (Å²) in [6, 6.07) is 0. The molecule has 2 rings (SSSR count). The molecule has 1 aliphatic carbocycles. The molecule has 0 amide bonds. The Labute approximate surface area is 108 Å². The predicted octanol–water partition coefficient (Wildman–Crippen LogP) is 2.67. The number of nitrogens with one attached hydrogen (secondary N) is 1. The van der Waals surface area contributed by atoms with Crippen LogP contribution in [0.15, 0.2) is 0 Å². The minimum Gasteiger partial charge on any atom is -0.381 e. The zero-order chi connectivity index (χ0) is 12.1. The molecule has 1 fully saturated rings. The maximum absolute atomic E-state index is 5.58. The summed E-state index contributed by atoms with van der Waals surface area (Å²) in [6.45, 7) is 7.97. The van der Waals surface area contributed by atoms with Crippen molar-refractivity contribution in [2.45, 2.75) is 39.7 Å². The maximum atomic E-state index is 5.58. The standard InChI is InChI=1S/C13H22N2OS/c1-10-11(2)17-13(15-10)8-14-6-3-7-16-9-12-4-5-12/h12,14H,3-9H2,1-2H3. The van der Waals surface area contributed by atoms with Crippen molar-refractivity contribution in [2.75, 3.05) is 19.8 Å². The van der Waals surface area contributed by atoms with Crippen LogP contribution >= 0.6 is 11.3 Å². The molecule has 1 aromatic heterocycles. The van der Waals surface area contributed by atoms with Crippen LogP contribution < -0.4 is 5.32 Å². The van der Waals surface area contributed by atoms with Crippen LogP contribution in [0.1, 0.15) is 34.8 Å². The monoisotopic (exact) mass is 254 g/mol. The van der Waals surface area contributed by atoms with E-state index in [-0.39, 0.29) is 0 Å². The average Bonchev–Trinajstić information content (AvgIpc) is 3.06. The summed E-state index contributed by atoms with van der Waals surface area (Å²) in [7, 11) is 0. The van der Waals surface area contributed by atoms with Crippen LogP contribution in [0.4, 0.5) is 0 Å². The lowest BCUT2D eigenvalue weighted by atomic mass is 10.4. The maximum Gasteiger partial charge on any atom is 0.107 e. The molecular formula is C13H22N2OS. The van der Waals surface area contributed by atoms with Crippen LogP contribution in [0.3, 0.4) is 0 Å². The zero-order valence-corrected chi connectivity index (χ0v) is 11.6. The minimum absolute atomic E-state index is 0.879. The van der Waals surface area contributed by atoms with Gasteiger partial charge in [-0.2, -0.15) is 0 Å². The number of nitrogens with zero attached hydrogens (tertiary/aromatic N) is 1. The number of hydrogen-bond acceptors (Lipinski definition) is 4. The minimum atomic E-state index is 0.879. The van der Waals surface area contributed by atoms with Crippen LogP contribution in [0, 0.1) is 19.8 Å². The third-order valence-electron chi connectivity index (χ3n) is 3.04. The quantitative estimate of drug-likeness (QED) is 0.724. The molecule has 0 atom stereocenters. The second kappa shape index (κ2) is 6.47. The lowest BCUT2D eigenvalue weighted by Crippen LogP contribution is -2.16. The molecule has 0 unspecified atom stereocenters. The van der Waals surface area contributed by atoms with Crippen molar-refractivity contribution in [3.05, 3.63) is 15.6 Å². The molecule has 0 bridgehead atoms. The van der Waals surface area contributed by atoms with Gasteiger partial charge in [-0.15, -0.1) is 11.3 Å².